The van der Waals surface area contributed by atoms with Gasteiger partial charge in [-0.25, -0.2) is 0 Å². The van der Waals surface area contributed by atoms with Crippen LogP contribution in [0.15, 0.2) is 24.3 Å². The fourth-order valence-electron chi connectivity index (χ4n) is 1.70. The number of methoxy groups -OCH3 is 1. The lowest BCUT2D eigenvalue weighted by atomic mass is 10.0. The minimum atomic E-state index is -0.138. The fraction of sp³-hybridized carbons (Fsp3) is 0.533. The molecule has 0 heterocycles. The molecule has 0 fully saturated rings. The molecule has 1 aromatic carbocycles. The summed E-state index contributed by atoms with van der Waals surface area (Å²) in [4.78, 5) is 11.7. The Hall–Kier alpha value is -1.55. The van der Waals surface area contributed by atoms with Crippen molar-refractivity contribution in [3.05, 3.63) is 29.8 Å². The average molecular weight is 264 g/mol. The van der Waals surface area contributed by atoms with Gasteiger partial charge in [0, 0.05) is 18.5 Å². The number of rotatable bonds is 7. The van der Waals surface area contributed by atoms with Crippen LogP contribution < -0.4 is 15.8 Å². The molecule has 0 bridgehead atoms. The zero-order valence-electron chi connectivity index (χ0n) is 12.0. The fourth-order valence-corrected chi connectivity index (χ4v) is 1.70. The summed E-state index contributed by atoms with van der Waals surface area (Å²) in [6, 6.07) is 7.89. The van der Waals surface area contributed by atoms with Gasteiger partial charge in [0.1, 0.15) is 5.75 Å². The molecule has 1 amide bonds. The number of amides is 1. The van der Waals surface area contributed by atoms with Crippen molar-refractivity contribution in [1.29, 1.82) is 0 Å². The van der Waals surface area contributed by atoms with E-state index in [-0.39, 0.29) is 17.9 Å². The van der Waals surface area contributed by atoms with Gasteiger partial charge in [0.2, 0.25) is 5.91 Å². The maximum absolute atomic E-state index is 11.7. The number of nitrogens with two attached hydrogens (primary N) is 1. The summed E-state index contributed by atoms with van der Waals surface area (Å²) < 4.78 is 5.11. The first-order valence-corrected chi connectivity index (χ1v) is 6.71. The van der Waals surface area contributed by atoms with Crippen molar-refractivity contribution >= 4 is 5.91 Å². The molecule has 0 radical (unpaired) electrons. The minimum absolute atomic E-state index is 0.0322. The third kappa shape index (κ3) is 5.30. The van der Waals surface area contributed by atoms with Gasteiger partial charge in [-0.1, -0.05) is 19.1 Å². The van der Waals surface area contributed by atoms with E-state index in [0.717, 1.165) is 18.6 Å². The van der Waals surface area contributed by atoms with Crippen LogP contribution in [0.2, 0.25) is 0 Å². The molecule has 1 aromatic rings. The summed E-state index contributed by atoms with van der Waals surface area (Å²) in [6.07, 6.45) is 1.86. The minimum Gasteiger partial charge on any atom is -0.497 e. The number of carbonyl (C=O) groups excluding carboxylic acids is 1. The quantitative estimate of drug-likeness (QED) is 0.737. The first-order chi connectivity index (χ1) is 9.04. The smallest absolute Gasteiger partial charge is 0.224 e. The zero-order valence-corrected chi connectivity index (χ0v) is 12.0. The first kappa shape index (κ1) is 15.5. The Morgan fingerprint density at radius 3 is 2.47 bits per heavy atom. The van der Waals surface area contributed by atoms with E-state index in [1.54, 1.807) is 7.11 Å². The maximum Gasteiger partial charge on any atom is 0.224 e. The number of benzene rings is 1. The SMILES string of the molecule is COc1ccc(CCCNC(=O)C(C)C(C)N)cc1. The van der Waals surface area contributed by atoms with E-state index in [1.165, 1.54) is 5.56 Å². The van der Waals surface area contributed by atoms with Gasteiger partial charge in [-0.15, -0.1) is 0 Å². The monoisotopic (exact) mass is 264 g/mol. The molecule has 19 heavy (non-hydrogen) atoms. The Balaban J connectivity index is 2.25. The number of carbonyl (C=O) groups is 1. The maximum atomic E-state index is 11.7. The summed E-state index contributed by atoms with van der Waals surface area (Å²) in [7, 11) is 1.66. The Morgan fingerprint density at radius 1 is 1.32 bits per heavy atom. The van der Waals surface area contributed by atoms with Crippen LogP contribution in [0.3, 0.4) is 0 Å². The summed E-state index contributed by atoms with van der Waals surface area (Å²) in [5.74, 6) is 0.758. The number of nitrogens with one attached hydrogen (secondary N) is 1. The van der Waals surface area contributed by atoms with Crippen molar-refractivity contribution in [3.63, 3.8) is 0 Å². The molecule has 0 spiro atoms. The van der Waals surface area contributed by atoms with Crippen molar-refractivity contribution in [1.82, 2.24) is 5.32 Å². The van der Waals surface area contributed by atoms with Crippen molar-refractivity contribution in [2.75, 3.05) is 13.7 Å². The molecule has 4 heteroatoms. The molecular formula is C15H24N2O2. The first-order valence-electron chi connectivity index (χ1n) is 6.71. The van der Waals surface area contributed by atoms with Crippen LogP contribution in [-0.2, 0) is 11.2 Å². The highest BCUT2D eigenvalue weighted by Crippen LogP contribution is 2.12. The summed E-state index contributed by atoms with van der Waals surface area (Å²) in [5.41, 5.74) is 6.93. The van der Waals surface area contributed by atoms with E-state index >= 15 is 0 Å². The summed E-state index contributed by atoms with van der Waals surface area (Å²) in [6.45, 7) is 4.38. The number of hydrogen-bond donors (Lipinski definition) is 2. The van der Waals surface area contributed by atoms with Gasteiger partial charge in [0.05, 0.1) is 7.11 Å². The van der Waals surface area contributed by atoms with Gasteiger partial charge in [-0.2, -0.15) is 0 Å². The van der Waals surface area contributed by atoms with E-state index in [1.807, 2.05) is 38.1 Å². The molecule has 2 atom stereocenters. The third-order valence-electron chi connectivity index (χ3n) is 3.30. The van der Waals surface area contributed by atoms with Crippen molar-refractivity contribution < 1.29 is 9.53 Å². The van der Waals surface area contributed by atoms with Crippen molar-refractivity contribution in [2.24, 2.45) is 11.7 Å². The van der Waals surface area contributed by atoms with Gasteiger partial charge in [-0.05, 0) is 37.5 Å². The number of hydrogen-bond acceptors (Lipinski definition) is 3. The van der Waals surface area contributed by atoms with Crippen LogP contribution in [0.5, 0.6) is 5.75 Å². The highest BCUT2D eigenvalue weighted by molar-refractivity contribution is 5.78. The van der Waals surface area contributed by atoms with Crippen LogP contribution in [0.25, 0.3) is 0 Å². The van der Waals surface area contributed by atoms with Gasteiger partial charge in [-0.3, -0.25) is 4.79 Å². The Bertz CT molecular complexity index is 388. The van der Waals surface area contributed by atoms with Crippen LogP contribution in [0.1, 0.15) is 25.8 Å². The Kier molecular flexibility index (Phi) is 6.36. The molecular weight excluding hydrogens is 240 g/mol. The standard InChI is InChI=1S/C15H24N2O2/c1-11(12(2)16)15(18)17-10-4-5-13-6-8-14(19-3)9-7-13/h6-9,11-12H,4-5,10,16H2,1-3H3,(H,17,18). The second-order valence-electron chi connectivity index (χ2n) is 4.89. The van der Waals surface area contributed by atoms with E-state index in [9.17, 15) is 4.79 Å². The van der Waals surface area contributed by atoms with E-state index in [0.29, 0.717) is 6.54 Å². The molecule has 0 saturated carbocycles. The Labute approximate surface area is 115 Å². The van der Waals surface area contributed by atoms with E-state index < -0.39 is 0 Å². The van der Waals surface area contributed by atoms with E-state index in [4.69, 9.17) is 10.5 Å². The zero-order chi connectivity index (χ0) is 14.3. The summed E-state index contributed by atoms with van der Waals surface area (Å²) >= 11 is 0. The highest BCUT2D eigenvalue weighted by Gasteiger charge is 2.15. The Morgan fingerprint density at radius 2 is 1.95 bits per heavy atom. The third-order valence-corrected chi connectivity index (χ3v) is 3.30. The van der Waals surface area contributed by atoms with Gasteiger partial charge >= 0.3 is 0 Å². The highest BCUT2D eigenvalue weighted by atomic mass is 16.5. The predicted molar refractivity (Wildman–Crippen MR) is 77.1 cm³/mol. The van der Waals surface area contributed by atoms with Crippen LogP contribution in [-0.4, -0.2) is 25.6 Å². The second-order valence-corrected chi connectivity index (χ2v) is 4.89. The number of ether oxygens (including phenoxy) is 1. The molecule has 2 unspecified atom stereocenters. The van der Waals surface area contributed by atoms with Crippen molar-refractivity contribution in [2.45, 2.75) is 32.7 Å². The van der Waals surface area contributed by atoms with Gasteiger partial charge < -0.3 is 15.8 Å². The van der Waals surface area contributed by atoms with Gasteiger partial charge in [0.15, 0.2) is 0 Å². The van der Waals surface area contributed by atoms with Crippen LogP contribution in [0.4, 0.5) is 0 Å². The van der Waals surface area contributed by atoms with E-state index in [2.05, 4.69) is 5.32 Å². The predicted octanol–water partition coefficient (Wildman–Crippen LogP) is 1.73. The lowest BCUT2D eigenvalue weighted by molar-refractivity contribution is -0.124. The average Bonchev–Trinajstić information content (AvgIpc) is 2.43. The molecule has 0 aliphatic rings. The molecule has 0 aliphatic heterocycles. The lowest BCUT2D eigenvalue weighted by Crippen LogP contribution is -2.39. The molecule has 4 nitrogen and oxygen atoms in total. The molecule has 106 valence electrons. The molecule has 3 N–H and O–H groups in total. The largest absolute Gasteiger partial charge is 0.497 e. The van der Waals surface area contributed by atoms with Crippen LogP contribution >= 0.6 is 0 Å². The molecule has 0 aliphatic carbocycles. The van der Waals surface area contributed by atoms with Crippen molar-refractivity contribution in [3.8, 4) is 5.75 Å². The lowest BCUT2D eigenvalue weighted by Gasteiger charge is -2.15. The second kappa shape index (κ2) is 7.79. The topological polar surface area (TPSA) is 64.3 Å². The molecule has 1 rings (SSSR count). The molecule has 0 aromatic heterocycles. The molecule has 0 saturated heterocycles. The van der Waals surface area contributed by atoms with Crippen LogP contribution in [0, 0.1) is 5.92 Å². The number of aryl methyl sites for hydroxylation is 1. The summed E-state index contributed by atoms with van der Waals surface area (Å²) in [5, 5.41) is 2.91. The van der Waals surface area contributed by atoms with Gasteiger partial charge in [0.25, 0.3) is 0 Å². The normalized spacial score (nSPS) is 13.7.